The van der Waals surface area contributed by atoms with E-state index >= 15 is 0 Å². The van der Waals surface area contributed by atoms with Crippen molar-refractivity contribution in [3.63, 3.8) is 0 Å². The Labute approximate surface area is 415 Å². The molecule has 1 heterocycles. The molecule has 9 nitrogen and oxygen atoms in total. The van der Waals surface area contributed by atoms with Gasteiger partial charge in [0.05, 0.1) is 25.4 Å². The Balaban J connectivity index is 2.23. The summed E-state index contributed by atoms with van der Waals surface area (Å²) in [6.45, 7) is 3.70. The van der Waals surface area contributed by atoms with Crippen molar-refractivity contribution in [1.29, 1.82) is 0 Å². The molecule has 6 N–H and O–H groups in total. The van der Waals surface area contributed by atoms with Crippen LogP contribution in [-0.4, -0.2) is 87.5 Å². The fourth-order valence-electron chi connectivity index (χ4n) is 8.12. The molecule has 1 rings (SSSR count). The van der Waals surface area contributed by atoms with E-state index in [1.165, 1.54) is 70.6 Å². The van der Waals surface area contributed by atoms with Crippen LogP contribution in [0.4, 0.5) is 0 Å². The normalized spacial score (nSPS) is 20.4. The number of rotatable bonds is 45. The van der Waals surface area contributed by atoms with E-state index in [9.17, 15) is 30.3 Å². The van der Waals surface area contributed by atoms with Gasteiger partial charge in [0.2, 0.25) is 5.91 Å². The molecule has 0 bridgehead atoms. The lowest BCUT2D eigenvalue weighted by molar-refractivity contribution is -0.302. The van der Waals surface area contributed by atoms with E-state index in [1.54, 1.807) is 0 Å². The van der Waals surface area contributed by atoms with Gasteiger partial charge in [-0.2, -0.15) is 0 Å². The highest BCUT2D eigenvalue weighted by Crippen LogP contribution is 2.23. The molecule has 0 aliphatic carbocycles. The van der Waals surface area contributed by atoms with E-state index in [4.69, 9.17) is 9.47 Å². The SMILES string of the molecule is CC/C=C\C/C=C\C/C=C\C/C=C\C/C=C\C/C=C\C/C=C\C/C=C\CCCCCCCCC(=O)NC(COC1OC(CO)C(O)C(O)C1O)C(O)CCCCCCCCCCCCCCCC. The van der Waals surface area contributed by atoms with Crippen LogP contribution >= 0.6 is 0 Å². The van der Waals surface area contributed by atoms with Crippen LogP contribution in [0, 0.1) is 0 Å². The van der Waals surface area contributed by atoms with Crippen LogP contribution in [0.15, 0.2) is 97.2 Å². The van der Waals surface area contributed by atoms with Gasteiger partial charge >= 0.3 is 0 Å². The monoisotopic (exact) mass is 952 g/mol. The largest absolute Gasteiger partial charge is 0.394 e. The summed E-state index contributed by atoms with van der Waals surface area (Å²) in [6.07, 6.45) is 61.3. The molecule has 9 heteroatoms. The maximum Gasteiger partial charge on any atom is 0.220 e. The molecule has 1 amide bonds. The number of aliphatic hydroxyl groups excluding tert-OH is 5. The summed E-state index contributed by atoms with van der Waals surface area (Å²) < 4.78 is 11.3. The van der Waals surface area contributed by atoms with Crippen molar-refractivity contribution < 1.29 is 39.8 Å². The molecular weight excluding hydrogens is 851 g/mol. The number of ether oxygens (including phenoxy) is 2. The van der Waals surface area contributed by atoms with Crippen LogP contribution < -0.4 is 5.32 Å². The fraction of sp³-hybridized carbons (Fsp3) is 0.712. The zero-order chi connectivity index (χ0) is 49.4. The van der Waals surface area contributed by atoms with Crippen LogP contribution in [0.5, 0.6) is 0 Å². The lowest BCUT2D eigenvalue weighted by Crippen LogP contribution is -2.60. The molecule has 1 aliphatic rings. The molecule has 7 unspecified atom stereocenters. The molecule has 0 spiro atoms. The second-order valence-electron chi connectivity index (χ2n) is 18.6. The third kappa shape index (κ3) is 37.0. The molecular formula is C59H101NO8. The Morgan fingerprint density at radius 2 is 0.912 bits per heavy atom. The highest BCUT2D eigenvalue weighted by atomic mass is 16.7. The minimum atomic E-state index is -1.56. The summed E-state index contributed by atoms with van der Waals surface area (Å²) in [7, 11) is 0. The van der Waals surface area contributed by atoms with Crippen LogP contribution in [0.25, 0.3) is 0 Å². The smallest absolute Gasteiger partial charge is 0.220 e. The topological polar surface area (TPSA) is 149 Å². The number of carbonyl (C=O) groups is 1. The van der Waals surface area contributed by atoms with Crippen LogP contribution in [0.2, 0.25) is 0 Å². The summed E-state index contributed by atoms with van der Waals surface area (Å²) in [4.78, 5) is 13.0. The first-order valence-electron chi connectivity index (χ1n) is 27.4. The van der Waals surface area contributed by atoms with E-state index in [0.717, 1.165) is 116 Å². The maximum absolute atomic E-state index is 13.0. The van der Waals surface area contributed by atoms with E-state index in [-0.39, 0.29) is 12.5 Å². The summed E-state index contributed by atoms with van der Waals surface area (Å²) in [5, 5.41) is 54.5. The molecule has 0 aromatic heterocycles. The predicted octanol–water partition coefficient (Wildman–Crippen LogP) is 13.2. The van der Waals surface area contributed by atoms with Crippen molar-refractivity contribution >= 4 is 5.91 Å². The van der Waals surface area contributed by atoms with Gasteiger partial charge in [0.15, 0.2) is 6.29 Å². The van der Waals surface area contributed by atoms with Gasteiger partial charge in [-0.1, -0.05) is 227 Å². The zero-order valence-electron chi connectivity index (χ0n) is 43.1. The lowest BCUT2D eigenvalue weighted by atomic mass is 9.99. The predicted molar refractivity (Wildman–Crippen MR) is 285 cm³/mol. The van der Waals surface area contributed by atoms with Crippen molar-refractivity contribution in [2.24, 2.45) is 0 Å². The first-order chi connectivity index (χ1) is 33.3. The lowest BCUT2D eigenvalue weighted by Gasteiger charge is -2.40. The van der Waals surface area contributed by atoms with E-state index in [2.05, 4.69) is 116 Å². The van der Waals surface area contributed by atoms with Gasteiger partial charge in [-0.3, -0.25) is 4.79 Å². The van der Waals surface area contributed by atoms with Crippen molar-refractivity contribution in [3.8, 4) is 0 Å². The molecule has 0 aromatic rings. The summed E-state index contributed by atoms with van der Waals surface area (Å²) in [5.41, 5.74) is 0. The number of carbonyl (C=O) groups excluding carboxylic acids is 1. The zero-order valence-corrected chi connectivity index (χ0v) is 43.1. The minimum absolute atomic E-state index is 0.150. The van der Waals surface area contributed by atoms with Crippen LogP contribution in [0.1, 0.15) is 213 Å². The Morgan fingerprint density at radius 1 is 0.515 bits per heavy atom. The summed E-state index contributed by atoms with van der Waals surface area (Å²) in [6, 6.07) is -0.733. The second kappa shape index (κ2) is 47.8. The minimum Gasteiger partial charge on any atom is -0.394 e. The molecule has 1 aliphatic heterocycles. The van der Waals surface area contributed by atoms with E-state index in [0.29, 0.717) is 12.8 Å². The number of aliphatic hydroxyl groups is 5. The van der Waals surface area contributed by atoms with Gasteiger partial charge in [-0.05, 0) is 77.0 Å². The Morgan fingerprint density at radius 3 is 1.35 bits per heavy atom. The first kappa shape index (κ1) is 63.1. The third-order valence-corrected chi connectivity index (χ3v) is 12.5. The molecule has 1 saturated heterocycles. The number of unbranched alkanes of at least 4 members (excludes halogenated alkanes) is 19. The van der Waals surface area contributed by atoms with Crippen molar-refractivity contribution in [2.45, 2.75) is 256 Å². The van der Waals surface area contributed by atoms with Crippen molar-refractivity contribution in [2.75, 3.05) is 13.2 Å². The average molecular weight is 952 g/mol. The van der Waals surface area contributed by atoms with E-state index in [1.807, 2.05) is 0 Å². The first-order valence-corrected chi connectivity index (χ1v) is 27.4. The molecule has 7 atom stereocenters. The van der Waals surface area contributed by atoms with Crippen LogP contribution in [0.3, 0.4) is 0 Å². The number of allylic oxidation sites excluding steroid dienone is 16. The Bertz CT molecular complexity index is 1380. The number of amides is 1. The van der Waals surface area contributed by atoms with Crippen molar-refractivity contribution in [1.82, 2.24) is 5.32 Å². The Kier molecular flexibility index (Phi) is 44.3. The summed E-state index contributed by atoms with van der Waals surface area (Å²) >= 11 is 0. The maximum atomic E-state index is 13.0. The van der Waals surface area contributed by atoms with Gasteiger partial charge in [0.25, 0.3) is 0 Å². The highest BCUT2D eigenvalue weighted by molar-refractivity contribution is 5.76. The number of nitrogens with one attached hydrogen (secondary N) is 1. The van der Waals surface area contributed by atoms with E-state index < -0.39 is 49.5 Å². The number of hydrogen-bond donors (Lipinski definition) is 6. The standard InChI is InChI=1S/C59H101NO8/c1-3-5-7-9-11-13-15-17-19-20-21-22-23-24-25-26-27-28-29-30-31-32-33-34-35-37-39-41-43-45-47-49-55(63)60-52(51-67-59-58(66)57(65)56(64)54(50-61)68-59)53(62)48-46-44-42-40-38-36-18-16-14-12-10-8-6-4-2/h5,7,11,13,17,19,21-22,24-25,27-28,30-31,33-34,52-54,56-59,61-62,64-66H,3-4,6,8-10,12,14-16,18,20,23,26,29,32,35-51H2,1-2H3,(H,60,63)/b7-5-,13-11-,19-17-,22-21-,25-24-,28-27-,31-30-,34-33-. The molecule has 390 valence electrons. The highest BCUT2D eigenvalue weighted by Gasteiger charge is 2.44. The summed E-state index contributed by atoms with van der Waals surface area (Å²) in [5.74, 6) is -0.163. The van der Waals surface area contributed by atoms with Gasteiger partial charge in [0.1, 0.15) is 24.4 Å². The van der Waals surface area contributed by atoms with Crippen molar-refractivity contribution in [3.05, 3.63) is 97.2 Å². The quantitative estimate of drug-likeness (QED) is 0.0261. The second-order valence-corrected chi connectivity index (χ2v) is 18.6. The number of hydrogen-bond acceptors (Lipinski definition) is 8. The third-order valence-electron chi connectivity index (χ3n) is 12.5. The molecule has 1 fully saturated rings. The Hall–Kier alpha value is -2.89. The average Bonchev–Trinajstić information content (AvgIpc) is 3.34. The fourth-order valence-corrected chi connectivity index (χ4v) is 8.12. The molecule has 68 heavy (non-hydrogen) atoms. The molecule has 0 radical (unpaired) electrons. The van der Waals surface area contributed by atoms with Crippen LogP contribution in [-0.2, 0) is 14.3 Å². The van der Waals surface area contributed by atoms with Gasteiger partial charge in [-0.25, -0.2) is 0 Å². The van der Waals surface area contributed by atoms with Gasteiger partial charge in [0, 0.05) is 6.42 Å². The molecule has 0 saturated carbocycles. The molecule has 0 aromatic carbocycles. The van der Waals surface area contributed by atoms with Gasteiger partial charge < -0.3 is 40.3 Å². The van der Waals surface area contributed by atoms with Gasteiger partial charge in [-0.15, -0.1) is 0 Å².